The highest BCUT2D eigenvalue weighted by atomic mass is 16.2. The normalized spacial score (nSPS) is 25.3. The van der Waals surface area contributed by atoms with Gasteiger partial charge in [-0.3, -0.25) is 15.0 Å². The summed E-state index contributed by atoms with van der Waals surface area (Å²) in [6, 6.07) is 9.60. The molecular formula is C22H32N6O2. The highest BCUT2D eigenvalue weighted by Gasteiger charge is 2.48. The van der Waals surface area contributed by atoms with Crippen LogP contribution in [0.2, 0.25) is 0 Å². The van der Waals surface area contributed by atoms with Crippen LogP contribution in [0.3, 0.4) is 0 Å². The summed E-state index contributed by atoms with van der Waals surface area (Å²) in [5, 5.41) is 2.49. The van der Waals surface area contributed by atoms with E-state index in [0.717, 1.165) is 64.5 Å². The van der Waals surface area contributed by atoms with Gasteiger partial charge in [-0.25, -0.2) is 9.79 Å². The Morgan fingerprint density at radius 3 is 2.47 bits per heavy atom. The maximum Gasteiger partial charge on any atom is 0.325 e. The number of nitrogens with zero attached hydrogens (tertiary/aromatic N) is 5. The molecule has 162 valence electrons. The number of rotatable bonds is 7. The van der Waals surface area contributed by atoms with Crippen LogP contribution in [0.1, 0.15) is 18.9 Å². The van der Waals surface area contributed by atoms with E-state index in [2.05, 4.69) is 51.2 Å². The number of hydrogen-bond donors (Lipinski definition) is 1. The minimum atomic E-state index is -0.435. The van der Waals surface area contributed by atoms with E-state index in [-0.39, 0.29) is 11.9 Å². The van der Waals surface area contributed by atoms with Gasteiger partial charge in [-0.15, -0.1) is 0 Å². The third kappa shape index (κ3) is 4.34. The number of amidine groups is 1. The summed E-state index contributed by atoms with van der Waals surface area (Å²) >= 11 is 0. The number of amides is 3. The Hall–Kier alpha value is -2.45. The van der Waals surface area contributed by atoms with E-state index in [1.165, 1.54) is 5.56 Å². The lowest BCUT2D eigenvalue weighted by Crippen LogP contribution is -2.64. The number of aryl methyl sites for hydroxylation is 1. The van der Waals surface area contributed by atoms with Crippen LogP contribution in [0.5, 0.6) is 0 Å². The van der Waals surface area contributed by atoms with E-state index in [0.29, 0.717) is 0 Å². The van der Waals surface area contributed by atoms with Gasteiger partial charge in [0.25, 0.3) is 5.91 Å². The van der Waals surface area contributed by atoms with Gasteiger partial charge in [-0.05, 0) is 24.9 Å². The molecule has 1 aromatic carbocycles. The molecule has 0 radical (unpaired) electrons. The predicted molar refractivity (Wildman–Crippen MR) is 116 cm³/mol. The Balaban J connectivity index is 1.46. The Kier molecular flexibility index (Phi) is 6.34. The van der Waals surface area contributed by atoms with E-state index in [1.807, 2.05) is 6.07 Å². The molecule has 2 unspecified atom stereocenters. The van der Waals surface area contributed by atoms with Crippen LogP contribution in [-0.2, 0) is 11.2 Å². The van der Waals surface area contributed by atoms with Gasteiger partial charge >= 0.3 is 6.03 Å². The van der Waals surface area contributed by atoms with Crippen molar-refractivity contribution in [1.82, 2.24) is 24.9 Å². The van der Waals surface area contributed by atoms with Gasteiger partial charge < -0.3 is 14.7 Å². The molecule has 0 aliphatic carbocycles. The Morgan fingerprint density at radius 1 is 1.07 bits per heavy atom. The van der Waals surface area contributed by atoms with Crippen LogP contribution < -0.4 is 5.32 Å². The molecule has 0 bridgehead atoms. The number of likely N-dealkylation sites (N-methyl/N-ethyl adjacent to an activating group) is 2. The number of imide groups is 1. The molecule has 2 atom stereocenters. The van der Waals surface area contributed by atoms with Gasteiger partial charge in [0.1, 0.15) is 5.84 Å². The lowest BCUT2D eigenvalue weighted by atomic mass is 10.1. The van der Waals surface area contributed by atoms with Crippen LogP contribution in [0, 0.1) is 0 Å². The van der Waals surface area contributed by atoms with Gasteiger partial charge in [-0.2, -0.15) is 0 Å². The van der Waals surface area contributed by atoms with Crippen molar-refractivity contribution < 1.29 is 9.59 Å². The number of nitrogens with one attached hydrogen (secondary N) is 1. The monoisotopic (exact) mass is 412 g/mol. The fourth-order valence-corrected chi connectivity index (χ4v) is 4.54. The molecule has 0 spiro atoms. The van der Waals surface area contributed by atoms with E-state index in [4.69, 9.17) is 4.99 Å². The quantitative estimate of drug-likeness (QED) is 0.719. The smallest absolute Gasteiger partial charge is 0.325 e. The molecule has 30 heavy (non-hydrogen) atoms. The molecule has 3 heterocycles. The third-order valence-corrected chi connectivity index (χ3v) is 6.43. The summed E-state index contributed by atoms with van der Waals surface area (Å²) in [6.45, 7) is 8.87. The zero-order chi connectivity index (χ0) is 21.1. The van der Waals surface area contributed by atoms with Crippen molar-refractivity contribution in [3.05, 3.63) is 35.9 Å². The summed E-state index contributed by atoms with van der Waals surface area (Å²) < 4.78 is 0. The zero-order valence-electron chi connectivity index (χ0n) is 18.0. The SMILES string of the molecule is CCN1CCN(CC2=NC3C(C(=O)NC(=O)N3C)N2CCCc2ccccc2)CC1. The second kappa shape index (κ2) is 9.14. The minimum Gasteiger partial charge on any atom is -0.344 e. The maximum absolute atomic E-state index is 12.7. The summed E-state index contributed by atoms with van der Waals surface area (Å²) in [5.74, 6) is 0.692. The molecule has 3 aliphatic heterocycles. The number of fused-ring (bicyclic) bond motifs is 1. The molecule has 1 aromatic rings. The third-order valence-electron chi connectivity index (χ3n) is 6.43. The topological polar surface area (TPSA) is 71.5 Å². The second-order valence-corrected chi connectivity index (χ2v) is 8.30. The number of hydrogen-bond acceptors (Lipinski definition) is 6. The first-order valence-electron chi connectivity index (χ1n) is 11.0. The number of piperazine rings is 1. The molecule has 2 fully saturated rings. The fraction of sp³-hybridized carbons (Fsp3) is 0.591. The van der Waals surface area contributed by atoms with Crippen molar-refractivity contribution in [1.29, 1.82) is 0 Å². The molecule has 4 rings (SSSR count). The van der Waals surface area contributed by atoms with Crippen LogP contribution in [-0.4, -0.2) is 102 Å². The summed E-state index contributed by atoms with van der Waals surface area (Å²) in [4.78, 5) is 38.2. The van der Waals surface area contributed by atoms with Gasteiger partial charge in [-0.1, -0.05) is 37.3 Å². The largest absolute Gasteiger partial charge is 0.344 e. The van der Waals surface area contributed by atoms with Crippen molar-refractivity contribution in [2.45, 2.75) is 32.0 Å². The van der Waals surface area contributed by atoms with Gasteiger partial charge in [0, 0.05) is 39.8 Å². The average Bonchev–Trinajstić information content (AvgIpc) is 3.12. The van der Waals surface area contributed by atoms with E-state index >= 15 is 0 Å². The molecule has 3 amide bonds. The lowest BCUT2D eigenvalue weighted by Gasteiger charge is -2.38. The highest BCUT2D eigenvalue weighted by Crippen LogP contribution is 2.25. The minimum absolute atomic E-state index is 0.239. The van der Waals surface area contributed by atoms with Gasteiger partial charge in [0.05, 0.1) is 6.54 Å². The molecule has 0 saturated carbocycles. The number of benzene rings is 1. The van der Waals surface area contributed by atoms with Crippen LogP contribution in [0.15, 0.2) is 35.3 Å². The second-order valence-electron chi connectivity index (χ2n) is 8.30. The van der Waals surface area contributed by atoms with Gasteiger partial charge in [0.2, 0.25) is 0 Å². The summed E-state index contributed by atoms with van der Waals surface area (Å²) in [5.41, 5.74) is 1.29. The zero-order valence-corrected chi connectivity index (χ0v) is 18.0. The molecule has 1 N–H and O–H groups in total. The number of urea groups is 1. The Labute approximate surface area is 178 Å². The van der Waals surface area contributed by atoms with Crippen molar-refractivity contribution in [3.8, 4) is 0 Å². The first kappa shape index (κ1) is 20.8. The summed E-state index contributed by atoms with van der Waals surface area (Å²) in [6.07, 6.45) is 1.45. The molecule has 0 aromatic heterocycles. The molecule has 2 saturated heterocycles. The molecule has 8 heteroatoms. The molecular weight excluding hydrogens is 380 g/mol. The van der Waals surface area contributed by atoms with Crippen LogP contribution >= 0.6 is 0 Å². The Morgan fingerprint density at radius 2 is 1.77 bits per heavy atom. The lowest BCUT2D eigenvalue weighted by molar-refractivity contribution is -0.127. The van der Waals surface area contributed by atoms with Crippen molar-refractivity contribution in [2.24, 2.45) is 4.99 Å². The van der Waals surface area contributed by atoms with Crippen molar-refractivity contribution in [3.63, 3.8) is 0 Å². The van der Waals surface area contributed by atoms with E-state index < -0.39 is 12.2 Å². The summed E-state index contributed by atoms with van der Waals surface area (Å²) in [7, 11) is 1.72. The van der Waals surface area contributed by atoms with Gasteiger partial charge in [0.15, 0.2) is 12.2 Å². The predicted octanol–water partition coefficient (Wildman–Crippen LogP) is 0.847. The number of carbonyl (C=O) groups is 2. The number of carbonyl (C=O) groups excluding carboxylic acids is 2. The standard InChI is InChI=1S/C22H32N6O2/c1-3-26-12-14-27(15-13-26)16-18-23-20-19(21(29)24-22(30)25(20)2)28(18)11-7-10-17-8-5-4-6-9-17/h4-6,8-9,19-20H,3,7,10-16H2,1-2H3,(H,24,29,30). The van der Waals surface area contributed by atoms with E-state index in [1.54, 1.807) is 11.9 Å². The first-order chi connectivity index (χ1) is 14.6. The highest BCUT2D eigenvalue weighted by molar-refractivity contribution is 6.04. The van der Waals surface area contributed by atoms with Crippen LogP contribution in [0.25, 0.3) is 0 Å². The Bertz CT molecular complexity index is 790. The fourth-order valence-electron chi connectivity index (χ4n) is 4.54. The van der Waals surface area contributed by atoms with Crippen molar-refractivity contribution >= 4 is 17.8 Å². The maximum atomic E-state index is 12.7. The molecule has 8 nitrogen and oxygen atoms in total. The van der Waals surface area contributed by atoms with Crippen LogP contribution in [0.4, 0.5) is 4.79 Å². The van der Waals surface area contributed by atoms with Crippen molar-refractivity contribution in [2.75, 3.05) is 52.9 Å². The average molecular weight is 413 g/mol. The molecule has 3 aliphatic rings. The first-order valence-corrected chi connectivity index (χ1v) is 11.0. The van der Waals surface area contributed by atoms with E-state index in [9.17, 15) is 9.59 Å². The number of aliphatic imine (C=N–C) groups is 1.